The number of nitriles is 1. The number of allylic oxidation sites excluding steroid dienone is 2. The molecule has 2 aromatic carbocycles. The minimum Gasteiger partial charge on any atom is 0 e. The molecule has 0 amide bonds. The van der Waals surface area contributed by atoms with Gasteiger partial charge in [-0.3, -0.25) is 10.4 Å². The van der Waals surface area contributed by atoms with E-state index in [9.17, 15) is 0 Å². The molecule has 0 N–H and O–H groups in total. The zero-order valence-corrected chi connectivity index (χ0v) is 19.9. The van der Waals surface area contributed by atoms with Crippen LogP contribution in [0.25, 0.3) is 34.2 Å². The quantitative estimate of drug-likeness (QED) is 0.301. The van der Waals surface area contributed by atoms with E-state index < -0.39 is 0 Å². The van der Waals surface area contributed by atoms with Gasteiger partial charge in [-0.05, 0) is 28.1 Å². The van der Waals surface area contributed by atoms with Crippen molar-refractivity contribution >= 4 is 23.5 Å². The van der Waals surface area contributed by atoms with E-state index in [-0.39, 0.29) is 20.4 Å². The first kappa shape index (κ1) is 29.7. The largest absolute Gasteiger partial charge is 0 e. The third-order valence-corrected chi connectivity index (χ3v) is 3.94. The average Bonchev–Trinajstić information content (AvgIpc) is 3.48. The van der Waals surface area contributed by atoms with Gasteiger partial charge in [0.25, 0.3) is 0 Å². The Bertz CT molecular complexity index is 1250. The Morgan fingerprint density at radius 3 is 1.68 bits per heavy atom. The van der Waals surface area contributed by atoms with Crippen molar-refractivity contribution in [1.29, 1.82) is 5.26 Å². The number of hydrogen-bond donors (Lipinski definition) is 0. The van der Waals surface area contributed by atoms with Crippen LogP contribution < -0.4 is 15.7 Å². The molecule has 10 nitrogen and oxygen atoms in total. The average molecular weight is 621 g/mol. The minimum atomic E-state index is 0. The maximum absolute atomic E-state index is 8.55. The van der Waals surface area contributed by atoms with Crippen molar-refractivity contribution in [2.24, 2.45) is 0 Å². The summed E-state index contributed by atoms with van der Waals surface area (Å²) >= 11 is 0. The SMILES string of the molecule is C1=C[N-]c2c3c(ccc2=C1)=CC=C[N-]3.N#Cc1ccc(-c2nn[n-]n2)cc1.[C-]#[O+].[C-]#[O+].[C-]#[O+].[Re]. The van der Waals surface area contributed by atoms with Crippen LogP contribution >= 0.6 is 0 Å². The number of nitrogens with zero attached hydrogens (tertiary/aromatic N) is 7. The molecule has 0 bridgehead atoms. The van der Waals surface area contributed by atoms with Crippen LogP contribution in [0.3, 0.4) is 0 Å². The van der Waals surface area contributed by atoms with Gasteiger partial charge < -0.3 is 15.7 Å². The van der Waals surface area contributed by atoms with Gasteiger partial charge in [-0.1, -0.05) is 48.6 Å². The number of aromatic nitrogens is 4. The fourth-order valence-corrected chi connectivity index (χ4v) is 2.63. The van der Waals surface area contributed by atoms with Gasteiger partial charge in [0, 0.05) is 20.4 Å². The molecular weight excluding hydrogens is 609 g/mol. The zero-order valence-electron chi connectivity index (χ0n) is 17.2. The van der Waals surface area contributed by atoms with E-state index in [0.29, 0.717) is 11.4 Å². The van der Waals surface area contributed by atoms with E-state index in [0.717, 1.165) is 27.4 Å². The van der Waals surface area contributed by atoms with E-state index in [1.54, 1.807) is 36.7 Å². The first-order valence-corrected chi connectivity index (χ1v) is 8.74. The van der Waals surface area contributed by atoms with Crippen molar-refractivity contribution in [1.82, 2.24) is 20.6 Å². The van der Waals surface area contributed by atoms with Crippen LogP contribution in [-0.4, -0.2) is 15.4 Å². The Labute approximate surface area is 208 Å². The molecule has 2 aliphatic heterocycles. The predicted molar refractivity (Wildman–Crippen MR) is 114 cm³/mol. The molecule has 5 rings (SSSR count). The molecule has 0 saturated heterocycles. The molecule has 0 aliphatic carbocycles. The molecule has 1 aromatic heterocycles. The van der Waals surface area contributed by atoms with Gasteiger partial charge in [-0.25, -0.2) is 5.10 Å². The van der Waals surface area contributed by atoms with Gasteiger partial charge in [-0.2, -0.15) is 17.7 Å². The van der Waals surface area contributed by atoms with Gasteiger partial charge in [0.15, 0.2) is 0 Å². The number of rotatable bonds is 1. The molecule has 0 spiro atoms. The van der Waals surface area contributed by atoms with Crippen molar-refractivity contribution in [3.63, 3.8) is 0 Å². The van der Waals surface area contributed by atoms with Crippen molar-refractivity contribution in [2.75, 3.05) is 0 Å². The third kappa shape index (κ3) is 8.00. The molecule has 1 radical (unpaired) electrons. The Hall–Kier alpha value is -4.30. The Morgan fingerprint density at radius 1 is 0.765 bits per heavy atom. The van der Waals surface area contributed by atoms with E-state index in [1.807, 2.05) is 18.2 Å². The van der Waals surface area contributed by atoms with E-state index in [1.165, 1.54) is 0 Å². The summed E-state index contributed by atoms with van der Waals surface area (Å²) in [6.07, 6.45) is 11.6. The van der Waals surface area contributed by atoms with Gasteiger partial charge in [0.1, 0.15) is 0 Å². The van der Waals surface area contributed by atoms with Crippen LogP contribution in [0.15, 0.2) is 61.0 Å². The molecule has 167 valence electrons. The van der Waals surface area contributed by atoms with Crippen molar-refractivity contribution in [3.05, 3.63) is 108 Å². The summed E-state index contributed by atoms with van der Waals surface area (Å²) in [7, 11) is 0. The van der Waals surface area contributed by atoms with Crippen LogP contribution in [0.1, 0.15) is 5.56 Å². The summed E-state index contributed by atoms with van der Waals surface area (Å²) in [4.78, 5) is 0. The maximum atomic E-state index is 8.55. The van der Waals surface area contributed by atoms with Gasteiger partial charge >= 0.3 is 33.9 Å². The summed E-state index contributed by atoms with van der Waals surface area (Å²) in [5.41, 5.74) is 3.37. The molecule has 34 heavy (non-hydrogen) atoms. The fraction of sp³-hybridized carbons (Fsp3) is 0. The second-order valence-electron chi connectivity index (χ2n) is 5.61. The number of hydrogen-bond acceptors (Lipinski definition) is 4. The summed E-state index contributed by atoms with van der Waals surface area (Å²) in [6.45, 7) is 13.5. The summed E-state index contributed by atoms with van der Waals surface area (Å²) in [5, 5.41) is 33.6. The Balaban J connectivity index is 0.000000515. The predicted octanol–water partition coefficient (Wildman–Crippen LogP) is 2.57. The molecule has 2 aliphatic rings. The number of fused-ring (bicyclic) bond motifs is 3. The van der Waals surface area contributed by atoms with Crippen LogP contribution in [0.5, 0.6) is 0 Å². The Morgan fingerprint density at radius 2 is 1.26 bits per heavy atom. The van der Waals surface area contributed by atoms with Gasteiger partial charge in [0.2, 0.25) is 0 Å². The summed E-state index contributed by atoms with van der Waals surface area (Å²) in [5.74, 6) is 0.476. The monoisotopic (exact) mass is 621 g/mol. The molecule has 0 unspecified atom stereocenters. The molecule has 0 saturated carbocycles. The molecule has 3 heterocycles. The molecule has 0 atom stereocenters. The third-order valence-electron chi connectivity index (χ3n) is 3.94. The fourth-order valence-electron chi connectivity index (χ4n) is 2.63. The summed E-state index contributed by atoms with van der Waals surface area (Å²) in [6, 6.07) is 13.1. The van der Waals surface area contributed by atoms with Crippen molar-refractivity contribution in [2.45, 2.75) is 0 Å². The summed E-state index contributed by atoms with van der Waals surface area (Å²) < 4.78 is 22.5. The second-order valence-corrected chi connectivity index (χ2v) is 5.61. The van der Waals surface area contributed by atoms with Crippen LogP contribution in [-0.2, 0) is 34.4 Å². The number of tetrazole rings is 1. The molecular formula is C23H12N7O3Re-3. The van der Waals surface area contributed by atoms with E-state index >= 15 is 0 Å². The Kier molecular flexibility index (Phi) is 15.1. The van der Waals surface area contributed by atoms with E-state index in [2.05, 4.69) is 75.5 Å². The van der Waals surface area contributed by atoms with Crippen molar-refractivity contribution < 1.29 is 34.4 Å². The first-order valence-electron chi connectivity index (χ1n) is 8.74. The van der Waals surface area contributed by atoms with Crippen LogP contribution in [0, 0.1) is 31.3 Å². The smallest absolute Gasteiger partial charge is 0 e. The van der Waals surface area contributed by atoms with Crippen molar-refractivity contribution in [3.8, 4) is 17.5 Å². The maximum Gasteiger partial charge on any atom is 0 e. The number of benzene rings is 2. The second kappa shape index (κ2) is 17.3. The standard InChI is InChI=1S/C12H8N2.C8H4N5.3CO.Re/c1-3-9-5-6-10-4-2-8-14-12(10)11(9)13-7-1;9-5-6-1-3-7(4-2-6)8-10-12-13-11-8;3*1-2;/h1-8H;1-4H;;;;/q-2;-1;;;;. The molecule has 0 fully saturated rings. The topological polar surface area (TPSA) is 164 Å². The van der Waals surface area contributed by atoms with Crippen LogP contribution in [0.2, 0.25) is 0 Å². The van der Waals surface area contributed by atoms with Gasteiger partial charge in [-0.15, -0.1) is 11.4 Å². The van der Waals surface area contributed by atoms with E-state index in [4.69, 9.17) is 19.2 Å². The zero-order chi connectivity index (χ0) is 24.5. The minimum absolute atomic E-state index is 0. The first-order chi connectivity index (χ1) is 16.3. The van der Waals surface area contributed by atoms with Crippen LogP contribution in [0.4, 0.5) is 11.4 Å². The van der Waals surface area contributed by atoms with Gasteiger partial charge in [0.05, 0.1) is 17.5 Å². The molecule has 11 heteroatoms. The molecule has 3 aromatic rings. The normalized spacial score (nSPS) is 10.1.